The van der Waals surface area contributed by atoms with Crippen molar-refractivity contribution in [3.8, 4) is 0 Å². The van der Waals surface area contributed by atoms with E-state index in [1.54, 1.807) is 0 Å². The largest absolute Gasteiger partial charge is 0.380 e. The number of halogens is 1. The third kappa shape index (κ3) is 6.44. The molecule has 1 aromatic rings. The van der Waals surface area contributed by atoms with Gasteiger partial charge in [0.25, 0.3) is 0 Å². The molecule has 1 aromatic carbocycles. The van der Waals surface area contributed by atoms with Crippen LogP contribution >= 0.6 is 15.9 Å². The van der Waals surface area contributed by atoms with Crippen molar-refractivity contribution in [2.45, 2.75) is 58.4 Å². The van der Waals surface area contributed by atoms with Gasteiger partial charge in [0.15, 0.2) is 0 Å². The molecule has 0 saturated carbocycles. The lowest BCUT2D eigenvalue weighted by Gasteiger charge is -2.19. The smallest absolute Gasteiger partial charge is 0.0489 e. The van der Waals surface area contributed by atoms with Crippen LogP contribution in [0.3, 0.4) is 0 Å². The number of nitrogens with two attached hydrogens (primary N) is 1. The lowest BCUT2D eigenvalue weighted by molar-refractivity contribution is 0.563. The summed E-state index contributed by atoms with van der Waals surface area (Å²) in [6, 6.07) is 6.74. The number of aryl methyl sites for hydroxylation is 1. The van der Waals surface area contributed by atoms with Crippen LogP contribution in [0.25, 0.3) is 0 Å². The minimum Gasteiger partial charge on any atom is -0.380 e. The Morgan fingerprint density at radius 1 is 1.21 bits per heavy atom. The fourth-order valence-electron chi connectivity index (χ4n) is 2.21. The maximum absolute atomic E-state index is 5.87. The van der Waals surface area contributed by atoms with Crippen LogP contribution in [0.2, 0.25) is 0 Å². The first-order valence-corrected chi connectivity index (χ1v) is 8.19. The second-order valence-corrected chi connectivity index (χ2v) is 6.12. The van der Waals surface area contributed by atoms with Crippen LogP contribution in [-0.2, 0) is 0 Å². The zero-order valence-electron chi connectivity index (χ0n) is 12.2. The molecule has 1 atom stereocenters. The SMILES string of the molecule is CCCCCCCC(CN)Nc1cc(C)ccc1Br. The highest BCUT2D eigenvalue weighted by molar-refractivity contribution is 9.10. The van der Waals surface area contributed by atoms with Crippen molar-refractivity contribution in [3.05, 3.63) is 28.2 Å². The van der Waals surface area contributed by atoms with Gasteiger partial charge in [0.1, 0.15) is 0 Å². The minimum atomic E-state index is 0.375. The van der Waals surface area contributed by atoms with Crippen LogP contribution < -0.4 is 11.1 Å². The van der Waals surface area contributed by atoms with E-state index in [2.05, 4.69) is 53.3 Å². The van der Waals surface area contributed by atoms with E-state index in [9.17, 15) is 0 Å². The Morgan fingerprint density at radius 2 is 1.95 bits per heavy atom. The molecule has 0 aliphatic rings. The number of nitrogens with one attached hydrogen (secondary N) is 1. The zero-order valence-corrected chi connectivity index (χ0v) is 13.8. The molecule has 0 fully saturated rings. The summed E-state index contributed by atoms with van der Waals surface area (Å²) in [6.45, 7) is 5.05. The molecule has 1 rings (SSSR count). The van der Waals surface area contributed by atoms with Crippen molar-refractivity contribution in [1.82, 2.24) is 0 Å². The third-order valence-electron chi connectivity index (χ3n) is 3.42. The van der Waals surface area contributed by atoms with Gasteiger partial charge in [-0.2, -0.15) is 0 Å². The Hall–Kier alpha value is -0.540. The molecular weight excluding hydrogens is 300 g/mol. The topological polar surface area (TPSA) is 38.0 Å². The van der Waals surface area contributed by atoms with Crippen LogP contribution in [0, 0.1) is 6.92 Å². The zero-order chi connectivity index (χ0) is 14.1. The lowest BCUT2D eigenvalue weighted by Crippen LogP contribution is -2.28. The van der Waals surface area contributed by atoms with Crippen LogP contribution in [0.4, 0.5) is 5.69 Å². The molecule has 0 spiro atoms. The normalized spacial score (nSPS) is 12.4. The second kappa shape index (κ2) is 9.38. The summed E-state index contributed by atoms with van der Waals surface area (Å²) in [7, 11) is 0. The molecule has 0 aromatic heterocycles. The monoisotopic (exact) mass is 326 g/mol. The summed E-state index contributed by atoms with van der Waals surface area (Å²) in [5.41, 5.74) is 8.30. The maximum atomic E-state index is 5.87. The number of rotatable bonds is 9. The van der Waals surface area contributed by atoms with E-state index in [0.717, 1.165) is 16.6 Å². The summed E-state index contributed by atoms with van der Waals surface area (Å²) < 4.78 is 1.11. The van der Waals surface area contributed by atoms with Crippen molar-refractivity contribution in [2.24, 2.45) is 5.73 Å². The van der Waals surface area contributed by atoms with Gasteiger partial charge in [0.2, 0.25) is 0 Å². The predicted molar refractivity (Wildman–Crippen MR) is 88.7 cm³/mol. The highest BCUT2D eigenvalue weighted by Crippen LogP contribution is 2.24. The van der Waals surface area contributed by atoms with Gasteiger partial charge < -0.3 is 11.1 Å². The van der Waals surface area contributed by atoms with Gasteiger partial charge in [-0.25, -0.2) is 0 Å². The molecule has 0 bridgehead atoms. The van der Waals surface area contributed by atoms with Crippen LogP contribution in [0.1, 0.15) is 51.0 Å². The lowest BCUT2D eigenvalue weighted by atomic mass is 10.1. The van der Waals surface area contributed by atoms with Crippen molar-refractivity contribution in [1.29, 1.82) is 0 Å². The molecule has 0 radical (unpaired) electrons. The van der Waals surface area contributed by atoms with E-state index in [1.807, 2.05) is 0 Å². The summed E-state index contributed by atoms with van der Waals surface area (Å²) in [5.74, 6) is 0. The Balaban J connectivity index is 2.41. The molecule has 3 heteroatoms. The minimum absolute atomic E-state index is 0.375. The van der Waals surface area contributed by atoms with Crippen molar-refractivity contribution < 1.29 is 0 Å². The van der Waals surface area contributed by atoms with E-state index in [0.29, 0.717) is 12.6 Å². The number of hydrogen-bond donors (Lipinski definition) is 2. The van der Waals surface area contributed by atoms with E-state index in [4.69, 9.17) is 5.73 Å². The molecule has 0 aliphatic carbocycles. The van der Waals surface area contributed by atoms with E-state index in [1.165, 1.54) is 37.7 Å². The highest BCUT2D eigenvalue weighted by Gasteiger charge is 2.08. The summed E-state index contributed by atoms with van der Waals surface area (Å²) >= 11 is 3.59. The second-order valence-electron chi connectivity index (χ2n) is 5.26. The van der Waals surface area contributed by atoms with E-state index >= 15 is 0 Å². The van der Waals surface area contributed by atoms with Crippen LogP contribution in [-0.4, -0.2) is 12.6 Å². The standard InChI is InChI=1S/C16H27BrN2/c1-3-4-5-6-7-8-14(12-18)19-16-11-13(2)9-10-15(16)17/h9-11,14,19H,3-8,12,18H2,1-2H3. The molecule has 3 N–H and O–H groups in total. The van der Waals surface area contributed by atoms with Gasteiger partial charge in [0.05, 0.1) is 0 Å². The molecule has 0 heterocycles. The van der Waals surface area contributed by atoms with Crippen molar-refractivity contribution >= 4 is 21.6 Å². The summed E-state index contributed by atoms with van der Waals surface area (Å²) in [4.78, 5) is 0. The molecule has 1 unspecified atom stereocenters. The molecule has 0 aliphatic heterocycles. The quantitative estimate of drug-likeness (QED) is 0.636. The Bertz CT molecular complexity index is 366. The highest BCUT2D eigenvalue weighted by atomic mass is 79.9. The van der Waals surface area contributed by atoms with Gasteiger partial charge in [-0.3, -0.25) is 0 Å². The summed E-state index contributed by atoms with van der Waals surface area (Å²) in [5, 5.41) is 3.56. The number of anilines is 1. The Labute approximate surface area is 126 Å². The molecule has 2 nitrogen and oxygen atoms in total. The predicted octanol–water partition coefficient (Wildman–Crippen LogP) is 4.86. The molecular formula is C16H27BrN2. The van der Waals surface area contributed by atoms with Gasteiger partial charge in [-0.1, -0.05) is 45.1 Å². The molecule has 19 heavy (non-hydrogen) atoms. The fourth-order valence-corrected chi connectivity index (χ4v) is 2.57. The van der Waals surface area contributed by atoms with Gasteiger partial charge in [0, 0.05) is 22.7 Å². The fraction of sp³-hybridized carbons (Fsp3) is 0.625. The Kier molecular flexibility index (Phi) is 8.15. The van der Waals surface area contributed by atoms with Gasteiger partial charge >= 0.3 is 0 Å². The molecule has 108 valence electrons. The van der Waals surface area contributed by atoms with E-state index < -0.39 is 0 Å². The number of hydrogen-bond acceptors (Lipinski definition) is 2. The van der Waals surface area contributed by atoms with Crippen LogP contribution in [0.5, 0.6) is 0 Å². The third-order valence-corrected chi connectivity index (χ3v) is 4.11. The first-order chi connectivity index (χ1) is 9.17. The summed E-state index contributed by atoms with van der Waals surface area (Å²) in [6.07, 6.45) is 7.74. The first-order valence-electron chi connectivity index (χ1n) is 7.40. The van der Waals surface area contributed by atoms with E-state index in [-0.39, 0.29) is 0 Å². The van der Waals surface area contributed by atoms with Gasteiger partial charge in [-0.05, 0) is 47.0 Å². The maximum Gasteiger partial charge on any atom is 0.0489 e. The Morgan fingerprint density at radius 3 is 2.63 bits per heavy atom. The average Bonchev–Trinajstić information content (AvgIpc) is 2.41. The number of benzene rings is 1. The van der Waals surface area contributed by atoms with Crippen LogP contribution in [0.15, 0.2) is 22.7 Å². The van der Waals surface area contributed by atoms with Crippen molar-refractivity contribution in [2.75, 3.05) is 11.9 Å². The van der Waals surface area contributed by atoms with Gasteiger partial charge in [-0.15, -0.1) is 0 Å². The molecule has 0 saturated heterocycles. The average molecular weight is 327 g/mol. The van der Waals surface area contributed by atoms with Crippen molar-refractivity contribution in [3.63, 3.8) is 0 Å². The number of unbranched alkanes of at least 4 members (excludes halogenated alkanes) is 4. The molecule has 0 amide bonds. The first kappa shape index (κ1) is 16.5.